The molecular weight excluding hydrogens is 230 g/mol. The Bertz CT molecular complexity index is 570. The number of nitrogens with two attached hydrogens (primary N) is 1. The average Bonchev–Trinajstić information content (AvgIpc) is 2.41. The Balaban J connectivity index is 2.57. The van der Waals surface area contributed by atoms with Crippen LogP contribution in [0.3, 0.4) is 0 Å². The van der Waals surface area contributed by atoms with Gasteiger partial charge >= 0.3 is 0 Å². The highest BCUT2D eigenvalue weighted by Crippen LogP contribution is 2.32. The normalized spacial score (nSPS) is 10.2. The molecule has 2 rings (SSSR count). The number of aryl methyl sites for hydroxylation is 1. The van der Waals surface area contributed by atoms with Crippen molar-refractivity contribution in [1.82, 2.24) is 10.2 Å². The first kappa shape index (κ1) is 12.2. The summed E-state index contributed by atoms with van der Waals surface area (Å²) in [6.45, 7) is 1.89. The monoisotopic (exact) mass is 245 g/mol. The van der Waals surface area contributed by atoms with Crippen molar-refractivity contribution < 1.29 is 9.47 Å². The number of ether oxygens (including phenoxy) is 2. The zero-order chi connectivity index (χ0) is 13.1. The molecule has 1 aromatic carbocycles. The SMILES string of the molecule is COc1ccc(OC)c(-c2cc(C)c(N)nn2)c1. The molecule has 0 aliphatic heterocycles. The standard InChI is InChI=1S/C13H15N3O2/c1-8-6-11(15-16-13(8)14)10-7-9(17-2)4-5-12(10)18-3/h4-7H,1-3H3,(H2,14,16). The fraction of sp³-hybridized carbons (Fsp3) is 0.231. The van der Waals surface area contributed by atoms with E-state index < -0.39 is 0 Å². The highest BCUT2D eigenvalue weighted by Gasteiger charge is 2.10. The topological polar surface area (TPSA) is 70.3 Å². The Morgan fingerprint density at radius 2 is 1.83 bits per heavy atom. The summed E-state index contributed by atoms with van der Waals surface area (Å²) in [6, 6.07) is 7.40. The Morgan fingerprint density at radius 3 is 2.44 bits per heavy atom. The Labute approximate surface area is 106 Å². The van der Waals surface area contributed by atoms with Crippen LogP contribution in [0.1, 0.15) is 5.56 Å². The molecule has 2 aromatic rings. The van der Waals surface area contributed by atoms with E-state index in [0.717, 1.165) is 16.9 Å². The molecule has 0 bridgehead atoms. The lowest BCUT2D eigenvalue weighted by Gasteiger charge is -2.10. The second kappa shape index (κ2) is 4.91. The Morgan fingerprint density at radius 1 is 1.06 bits per heavy atom. The van der Waals surface area contributed by atoms with E-state index in [1.165, 1.54) is 0 Å². The minimum Gasteiger partial charge on any atom is -0.497 e. The maximum Gasteiger partial charge on any atom is 0.149 e. The van der Waals surface area contributed by atoms with Crippen LogP contribution in [0.25, 0.3) is 11.3 Å². The van der Waals surface area contributed by atoms with Crippen molar-refractivity contribution in [2.24, 2.45) is 0 Å². The van der Waals surface area contributed by atoms with Gasteiger partial charge in [0.05, 0.1) is 19.9 Å². The largest absolute Gasteiger partial charge is 0.497 e. The van der Waals surface area contributed by atoms with Crippen LogP contribution in [-0.4, -0.2) is 24.4 Å². The second-order valence-corrected chi connectivity index (χ2v) is 3.86. The van der Waals surface area contributed by atoms with Crippen LogP contribution in [0.15, 0.2) is 24.3 Å². The van der Waals surface area contributed by atoms with Gasteiger partial charge in [-0.3, -0.25) is 0 Å². The first-order valence-corrected chi connectivity index (χ1v) is 5.48. The van der Waals surface area contributed by atoms with Gasteiger partial charge in [0.1, 0.15) is 17.3 Å². The lowest BCUT2D eigenvalue weighted by atomic mass is 10.1. The molecule has 1 heterocycles. The fourth-order valence-corrected chi connectivity index (χ4v) is 1.64. The zero-order valence-electron chi connectivity index (χ0n) is 10.6. The average molecular weight is 245 g/mol. The van der Waals surface area contributed by atoms with Crippen LogP contribution in [0.2, 0.25) is 0 Å². The molecule has 0 aliphatic carbocycles. The highest BCUT2D eigenvalue weighted by atomic mass is 16.5. The zero-order valence-corrected chi connectivity index (χ0v) is 10.6. The van der Waals surface area contributed by atoms with Gasteiger partial charge < -0.3 is 15.2 Å². The number of methoxy groups -OCH3 is 2. The van der Waals surface area contributed by atoms with E-state index in [1.54, 1.807) is 14.2 Å². The van der Waals surface area contributed by atoms with Gasteiger partial charge in [0.2, 0.25) is 0 Å². The van der Waals surface area contributed by atoms with Gasteiger partial charge in [-0.1, -0.05) is 0 Å². The molecule has 0 atom stereocenters. The number of hydrogen-bond donors (Lipinski definition) is 1. The summed E-state index contributed by atoms with van der Waals surface area (Å²) in [5.74, 6) is 1.89. The molecule has 5 heteroatoms. The van der Waals surface area contributed by atoms with E-state index in [1.807, 2.05) is 31.2 Å². The number of anilines is 1. The third-order valence-electron chi connectivity index (χ3n) is 2.71. The van der Waals surface area contributed by atoms with Gasteiger partial charge in [-0.15, -0.1) is 10.2 Å². The van der Waals surface area contributed by atoms with Gasteiger partial charge in [0, 0.05) is 5.56 Å². The van der Waals surface area contributed by atoms with Gasteiger partial charge in [-0.05, 0) is 36.8 Å². The molecule has 5 nitrogen and oxygen atoms in total. The van der Waals surface area contributed by atoms with E-state index in [-0.39, 0.29) is 0 Å². The fourth-order valence-electron chi connectivity index (χ4n) is 1.64. The van der Waals surface area contributed by atoms with Gasteiger partial charge in [-0.25, -0.2) is 0 Å². The summed E-state index contributed by atoms with van der Waals surface area (Å²) in [5.41, 5.74) is 8.08. The molecule has 2 N–H and O–H groups in total. The number of rotatable bonds is 3. The summed E-state index contributed by atoms with van der Waals surface area (Å²) in [6.07, 6.45) is 0. The van der Waals surface area contributed by atoms with E-state index >= 15 is 0 Å². The van der Waals surface area contributed by atoms with Crippen molar-refractivity contribution in [2.75, 3.05) is 20.0 Å². The van der Waals surface area contributed by atoms with Crippen LogP contribution in [0, 0.1) is 6.92 Å². The van der Waals surface area contributed by atoms with Crippen molar-refractivity contribution in [3.8, 4) is 22.8 Å². The van der Waals surface area contributed by atoms with Crippen molar-refractivity contribution in [3.63, 3.8) is 0 Å². The summed E-state index contributed by atoms with van der Waals surface area (Å²) in [7, 11) is 3.23. The molecule has 0 unspecified atom stereocenters. The van der Waals surface area contributed by atoms with E-state index in [4.69, 9.17) is 15.2 Å². The van der Waals surface area contributed by atoms with Gasteiger partial charge in [0.25, 0.3) is 0 Å². The van der Waals surface area contributed by atoms with Crippen LogP contribution in [0.4, 0.5) is 5.82 Å². The predicted molar refractivity (Wildman–Crippen MR) is 69.7 cm³/mol. The summed E-state index contributed by atoms with van der Waals surface area (Å²) >= 11 is 0. The summed E-state index contributed by atoms with van der Waals surface area (Å²) < 4.78 is 10.5. The molecule has 0 aliphatic rings. The number of benzene rings is 1. The molecule has 18 heavy (non-hydrogen) atoms. The minimum atomic E-state index is 0.431. The third-order valence-corrected chi connectivity index (χ3v) is 2.71. The minimum absolute atomic E-state index is 0.431. The first-order chi connectivity index (χ1) is 8.65. The number of nitrogen functional groups attached to an aromatic ring is 1. The molecule has 0 radical (unpaired) electrons. The van der Waals surface area contributed by atoms with Crippen molar-refractivity contribution in [3.05, 3.63) is 29.8 Å². The van der Waals surface area contributed by atoms with Crippen LogP contribution in [-0.2, 0) is 0 Å². The van der Waals surface area contributed by atoms with Crippen molar-refractivity contribution >= 4 is 5.82 Å². The lowest BCUT2D eigenvalue weighted by molar-refractivity contribution is 0.404. The van der Waals surface area contributed by atoms with E-state index in [0.29, 0.717) is 17.3 Å². The van der Waals surface area contributed by atoms with Gasteiger partial charge in [-0.2, -0.15) is 0 Å². The number of aromatic nitrogens is 2. The van der Waals surface area contributed by atoms with Crippen LogP contribution < -0.4 is 15.2 Å². The molecule has 94 valence electrons. The molecule has 0 saturated heterocycles. The summed E-state index contributed by atoms with van der Waals surface area (Å²) in [5, 5.41) is 8.00. The van der Waals surface area contributed by atoms with E-state index in [2.05, 4.69) is 10.2 Å². The Kier molecular flexibility index (Phi) is 3.32. The number of nitrogens with zero attached hydrogens (tertiary/aromatic N) is 2. The smallest absolute Gasteiger partial charge is 0.149 e. The predicted octanol–water partition coefficient (Wildman–Crippen LogP) is 2.05. The Hall–Kier alpha value is -2.30. The maximum absolute atomic E-state index is 5.66. The molecular formula is C13H15N3O2. The highest BCUT2D eigenvalue weighted by molar-refractivity contribution is 5.70. The van der Waals surface area contributed by atoms with Crippen molar-refractivity contribution in [1.29, 1.82) is 0 Å². The molecule has 1 aromatic heterocycles. The maximum atomic E-state index is 5.66. The third kappa shape index (κ3) is 2.20. The molecule has 0 amide bonds. The van der Waals surface area contributed by atoms with Crippen molar-refractivity contribution in [2.45, 2.75) is 6.92 Å². The van der Waals surface area contributed by atoms with Crippen LogP contribution in [0.5, 0.6) is 11.5 Å². The molecule has 0 spiro atoms. The van der Waals surface area contributed by atoms with Gasteiger partial charge in [0.15, 0.2) is 0 Å². The second-order valence-electron chi connectivity index (χ2n) is 3.86. The first-order valence-electron chi connectivity index (χ1n) is 5.48. The quantitative estimate of drug-likeness (QED) is 0.896. The molecule has 0 fully saturated rings. The number of hydrogen-bond acceptors (Lipinski definition) is 5. The van der Waals surface area contributed by atoms with Crippen LogP contribution >= 0.6 is 0 Å². The summed E-state index contributed by atoms with van der Waals surface area (Å²) in [4.78, 5) is 0. The molecule has 0 saturated carbocycles. The van der Waals surface area contributed by atoms with E-state index in [9.17, 15) is 0 Å². The lowest BCUT2D eigenvalue weighted by Crippen LogP contribution is -1.99.